The number of hydrogen-bond acceptors (Lipinski definition) is 7. The van der Waals surface area contributed by atoms with Crippen LogP contribution in [0.3, 0.4) is 0 Å². The molecule has 1 aliphatic heterocycles. The smallest absolute Gasteiger partial charge is 0.223 e. The molecule has 7 heteroatoms. The highest BCUT2D eigenvalue weighted by atomic mass is 32.2. The second-order valence-electron chi connectivity index (χ2n) is 4.89. The highest BCUT2D eigenvalue weighted by molar-refractivity contribution is 7.99. The number of nitrogens with zero attached hydrogens (tertiary/aromatic N) is 3. The second kappa shape index (κ2) is 6.15. The first-order chi connectivity index (χ1) is 9.72. The molecule has 2 aromatic rings. The van der Waals surface area contributed by atoms with Crippen LogP contribution in [-0.4, -0.2) is 52.6 Å². The molecule has 0 unspecified atom stereocenters. The Morgan fingerprint density at radius 2 is 2.15 bits per heavy atom. The fourth-order valence-corrected chi connectivity index (χ4v) is 4.22. The van der Waals surface area contributed by atoms with Crippen molar-refractivity contribution < 1.29 is 0 Å². The molecule has 0 atom stereocenters. The average Bonchev–Trinajstić information content (AvgIpc) is 2.80. The van der Waals surface area contributed by atoms with Crippen LogP contribution in [0, 0.1) is 6.92 Å². The molecule has 0 saturated carbocycles. The van der Waals surface area contributed by atoms with Crippen LogP contribution in [0.15, 0.2) is 6.07 Å². The van der Waals surface area contributed by atoms with Crippen molar-refractivity contribution in [3.05, 3.63) is 10.9 Å². The van der Waals surface area contributed by atoms with E-state index in [0.29, 0.717) is 5.95 Å². The van der Waals surface area contributed by atoms with E-state index in [2.05, 4.69) is 33.2 Å². The number of fused-ring (bicyclic) bond motifs is 1. The molecule has 20 heavy (non-hydrogen) atoms. The highest BCUT2D eigenvalue weighted by Gasteiger charge is 2.11. The minimum Gasteiger partial charge on any atom is -0.368 e. The Morgan fingerprint density at radius 1 is 1.35 bits per heavy atom. The molecule has 1 saturated heterocycles. The van der Waals surface area contributed by atoms with Gasteiger partial charge in [-0.1, -0.05) is 0 Å². The average molecular weight is 309 g/mol. The predicted molar refractivity (Wildman–Crippen MR) is 88.8 cm³/mol. The fraction of sp³-hybridized carbons (Fsp3) is 0.538. The lowest BCUT2D eigenvalue weighted by atomic mass is 10.3. The lowest BCUT2D eigenvalue weighted by Gasteiger charge is -2.26. The molecule has 2 aromatic heterocycles. The van der Waals surface area contributed by atoms with Crippen LogP contribution < -0.4 is 11.1 Å². The molecule has 0 spiro atoms. The number of aryl methyl sites for hydroxylation is 1. The molecule has 0 aliphatic carbocycles. The Kier molecular flexibility index (Phi) is 4.28. The maximum Gasteiger partial charge on any atom is 0.223 e. The van der Waals surface area contributed by atoms with Crippen molar-refractivity contribution in [2.45, 2.75) is 6.92 Å². The van der Waals surface area contributed by atoms with Gasteiger partial charge in [-0.25, -0.2) is 4.98 Å². The maximum atomic E-state index is 5.78. The number of hydrogen-bond donors (Lipinski definition) is 2. The van der Waals surface area contributed by atoms with Gasteiger partial charge in [0.1, 0.15) is 10.6 Å². The van der Waals surface area contributed by atoms with E-state index in [4.69, 9.17) is 5.73 Å². The van der Waals surface area contributed by atoms with Crippen molar-refractivity contribution in [2.75, 3.05) is 48.7 Å². The summed E-state index contributed by atoms with van der Waals surface area (Å²) < 4.78 is 0. The normalized spacial score (nSPS) is 16.6. The van der Waals surface area contributed by atoms with Gasteiger partial charge in [0, 0.05) is 42.6 Å². The summed E-state index contributed by atoms with van der Waals surface area (Å²) in [6.45, 7) is 6.40. The van der Waals surface area contributed by atoms with E-state index in [1.54, 1.807) is 11.3 Å². The third-order valence-corrected chi connectivity index (χ3v) is 5.24. The molecular weight excluding hydrogens is 290 g/mol. The van der Waals surface area contributed by atoms with E-state index >= 15 is 0 Å². The molecule has 3 heterocycles. The fourth-order valence-electron chi connectivity index (χ4n) is 2.35. The molecule has 0 amide bonds. The van der Waals surface area contributed by atoms with Gasteiger partial charge in [-0.3, -0.25) is 4.90 Å². The Labute approximate surface area is 127 Å². The van der Waals surface area contributed by atoms with Crippen LogP contribution >= 0.6 is 23.1 Å². The number of nitrogens with two attached hydrogens (primary N) is 1. The Bertz CT molecular complexity index is 592. The summed E-state index contributed by atoms with van der Waals surface area (Å²) in [5.74, 6) is 3.70. The second-order valence-corrected chi connectivity index (χ2v) is 7.35. The minimum absolute atomic E-state index is 0.344. The van der Waals surface area contributed by atoms with Crippen LogP contribution in [-0.2, 0) is 0 Å². The van der Waals surface area contributed by atoms with Gasteiger partial charge in [-0.15, -0.1) is 11.3 Å². The van der Waals surface area contributed by atoms with E-state index in [1.807, 2.05) is 11.8 Å². The number of nitrogens with one attached hydrogen (secondary N) is 1. The van der Waals surface area contributed by atoms with Crippen molar-refractivity contribution in [1.82, 2.24) is 14.9 Å². The van der Waals surface area contributed by atoms with Gasteiger partial charge in [0.2, 0.25) is 5.95 Å². The first-order valence-corrected chi connectivity index (χ1v) is 8.77. The lowest BCUT2D eigenvalue weighted by Crippen LogP contribution is -2.36. The van der Waals surface area contributed by atoms with Crippen molar-refractivity contribution in [1.29, 1.82) is 0 Å². The monoisotopic (exact) mass is 309 g/mol. The third-order valence-electron chi connectivity index (χ3n) is 3.36. The van der Waals surface area contributed by atoms with Gasteiger partial charge in [-0.05, 0) is 13.0 Å². The molecule has 5 nitrogen and oxygen atoms in total. The summed E-state index contributed by atoms with van der Waals surface area (Å²) in [4.78, 5) is 13.3. The summed E-state index contributed by atoms with van der Waals surface area (Å²) in [5.41, 5.74) is 5.78. The van der Waals surface area contributed by atoms with Gasteiger partial charge in [0.25, 0.3) is 0 Å². The molecule has 1 aliphatic rings. The zero-order valence-corrected chi connectivity index (χ0v) is 13.2. The molecule has 0 aromatic carbocycles. The van der Waals surface area contributed by atoms with Crippen LogP contribution in [0.4, 0.5) is 11.8 Å². The number of thiophene rings is 1. The topological polar surface area (TPSA) is 67.1 Å². The van der Waals surface area contributed by atoms with E-state index in [0.717, 1.165) is 29.1 Å². The molecule has 0 bridgehead atoms. The minimum atomic E-state index is 0.344. The number of nitrogen functional groups attached to an aromatic ring is 1. The molecule has 3 N–H and O–H groups in total. The zero-order chi connectivity index (χ0) is 13.9. The zero-order valence-electron chi connectivity index (χ0n) is 11.6. The maximum absolute atomic E-state index is 5.78. The van der Waals surface area contributed by atoms with E-state index < -0.39 is 0 Å². The van der Waals surface area contributed by atoms with E-state index in [9.17, 15) is 0 Å². The first kappa shape index (κ1) is 13.9. The largest absolute Gasteiger partial charge is 0.368 e. The van der Waals surface area contributed by atoms with Crippen LogP contribution in [0.25, 0.3) is 10.2 Å². The number of anilines is 2. The van der Waals surface area contributed by atoms with Crippen molar-refractivity contribution in [2.24, 2.45) is 0 Å². The summed E-state index contributed by atoms with van der Waals surface area (Å²) in [5, 5.41) is 4.50. The predicted octanol–water partition coefficient (Wildman–Crippen LogP) is 2.04. The van der Waals surface area contributed by atoms with Gasteiger partial charge in [-0.2, -0.15) is 16.7 Å². The summed E-state index contributed by atoms with van der Waals surface area (Å²) in [6, 6.07) is 2.12. The number of thioether (sulfide) groups is 1. The standard InChI is InChI=1S/C13H19N5S2/c1-9-8-10-11(16-13(14)17-12(10)20-9)15-2-3-18-4-6-19-7-5-18/h8H,2-7H2,1H3,(H3,14,15,16,17). The SMILES string of the molecule is Cc1cc2c(NCCN3CCSCC3)nc(N)nc2s1. The van der Waals surface area contributed by atoms with Crippen molar-refractivity contribution in [3.63, 3.8) is 0 Å². The highest BCUT2D eigenvalue weighted by Crippen LogP contribution is 2.28. The van der Waals surface area contributed by atoms with Crippen LogP contribution in [0.5, 0.6) is 0 Å². The Hall–Kier alpha value is -1.05. The van der Waals surface area contributed by atoms with E-state index in [1.165, 1.54) is 29.5 Å². The van der Waals surface area contributed by atoms with Gasteiger partial charge in [0.05, 0.1) is 5.39 Å². The van der Waals surface area contributed by atoms with Gasteiger partial charge >= 0.3 is 0 Å². The van der Waals surface area contributed by atoms with Crippen LogP contribution in [0.2, 0.25) is 0 Å². The lowest BCUT2D eigenvalue weighted by molar-refractivity contribution is 0.314. The Balaban J connectivity index is 1.67. The number of aromatic nitrogens is 2. The van der Waals surface area contributed by atoms with Gasteiger partial charge in [0.15, 0.2) is 0 Å². The molecular formula is C13H19N5S2. The number of rotatable bonds is 4. The van der Waals surface area contributed by atoms with Gasteiger partial charge < -0.3 is 11.1 Å². The molecule has 1 fully saturated rings. The van der Waals surface area contributed by atoms with Crippen molar-refractivity contribution >= 4 is 45.1 Å². The molecule has 3 rings (SSSR count). The quantitative estimate of drug-likeness (QED) is 0.901. The Morgan fingerprint density at radius 3 is 2.95 bits per heavy atom. The molecule has 0 radical (unpaired) electrons. The van der Waals surface area contributed by atoms with Crippen molar-refractivity contribution in [3.8, 4) is 0 Å². The van der Waals surface area contributed by atoms with Crippen LogP contribution in [0.1, 0.15) is 4.88 Å². The van der Waals surface area contributed by atoms with E-state index in [-0.39, 0.29) is 0 Å². The third kappa shape index (κ3) is 3.16. The summed E-state index contributed by atoms with van der Waals surface area (Å²) >= 11 is 3.69. The summed E-state index contributed by atoms with van der Waals surface area (Å²) in [6.07, 6.45) is 0. The summed E-state index contributed by atoms with van der Waals surface area (Å²) in [7, 11) is 0. The molecule has 108 valence electrons. The first-order valence-electron chi connectivity index (χ1n) is 6.80.